The minimum absolute atomic E-state index is 0.162. The number of halogens is 1. The van der Waals surface area contributed by atoms with Crippen molar-refractivity contribution in [2.45, 2.75) is 10.9 Å². The summed E-state index contributed by atoms with van der Waals surface area (Å²) in [6.07, 6.45) is 0.791. The van der Waals surface area contributed by atoms with Crippen molar-refractivity contribution >= 4 is 63.6 Å². The molecule has 0 aliphatic carbocycles. The lowest BCUT2D eigenvalue weighted by molar-refractivity contribution is 0.112. The third-order valence-electron chi connectivity index (χ3n) is 4.66. The Kier molecular flexibility index (Phi) is 6.29. The fraction of sp³-hybridized carbons (Fsp3) is 0.143. The molecule has 0 aliphatic rings. The molecule has 2 aromatic heterocycles. The molecule has 0 atom stereocenters. The van der Waals surface area contributed by atoms with Gasteiger partial charge in [0.2, 0.25) is 0 Å². The molecule has 158 valence electrons. The first-order valence-corrected chi connectivity index (χ1v) is 11.6. The first-order chi connectivity index (χ1) is 14.9. The monoisotopic (exact) mass is 489 g/mol. The van der Waals surface area contributed by atoms with Crippen molar-refractivity contribution in [3.05, 3.63) is 72.9 Å². The number of thiazole rings is 1. The second-order valence-corrected chi connectivity index (χ2v) is 9.59. The highest BCUT2D eigenvalue weighted by Crippen LogP contribution is 2.30. The van der Waals surface area contributed by atoms with Crippen LogP contribution >= 0.6 is 46.9 Å². The molecule has 0 radical (unpaired) electrons. The van der Waals surface area contributed by atoms with E-state index >= 15 is 0 Å². The van der Waals surface area contributed by atoms with Crippen LogP contribution in [0.25, 0.3) is 16.0 Å². The van der Waals surface area contributed by atoms with Gasteiger partial charge in [-0.3, -0.25) is 18.7 Å². The Morgan fingerprint density at radius 1 is 1.26 bits per heavy atom. The molecule has 4 aromatic rings. The van der Waals surface area contributed by atoms with Crippen LogP contribution in [0.4, 0.5) is 0 Å². The van der Waals surface area contributed by atoms with Crippen molar-refractivity contribution in [1.29, 1.82) is 0 Å². The molecular formula is C21H16ClN3O3S3. The van der Waals surface area contributed by atoms with Crippen LogP contribution in [0.3, 0.4) is 0 Å². The number of thioether (sulfide) groups is 1. The number of methoxy groups -OCH3 is 1. The van der Waals surface area contributed by atoms with E-state index in [1.165, 1.54) is 27.7 Å². The van der Waals surface area contributed by atoms with Crippen molar-refractivity contribution in [2.75, 3.05) is 7.11 Å². The number of rotatable bonds is 6. The van der Waals surface area contributed by atoms with Gasteiger partial charge in [-0.1, -0.05) is 34.7 Å². The van der Waals surface area contributed by atoms with E-state index in [1.807, 2.05) is 12.1 Å². The number of aldehydes is 1. The van der Waals surface area contributed by atoms with Crippen LogP contribution in [0.5, 0.6) is 5.75 Å². The van der Waals surface area contributed by atoms with E-state index in [-0.39, 0.29) is 5.56 Å². The molecule has 0 unspecified atom stereocenters. The topological polar surface area (TPSA) is 66.1 Å². The Bertz CT molecular complexity index is 1410. The molecule has 4 rings (SSSR count). The zero-order chi connectivity index (χ0) is 22.1. The molecule has 0 saturated heterocycles. The third-order valence-corrected chi connectivity index (χ3v) is 7.34. The van der Waals surface area contributed by atoms with Crippen LogP contribution in [0.2, 0.25) is 5.02 Å². The van der Waals surface area contributed by atoms with Gasteiger partial charge in [-0.25, -0.2) is 4.98 Å². The number of ether oxygens (including phenoxy) is 1. The summed E-state index contributed by atoms with van der Waals surface area (Å²) in [6.45, 7) is 0. The molecule has 2 aromatic carbocycles. The highest BCUT2D eigenvalue weighted by molar-refractivity contribution is 7.98. The molecule has 10 heteroatoms. The number of aromatic nitrogens is 3. The van der Waals surface area contributed by atoms with E-state index < -0.39 is 0 Å². The minimum Gasteiger partial charge on any atom is -0.496 e. The van der Waals surface area contributed by atoms with Gasteiger partial charge < -0.3 is 4.74 Å². The Balaban J connectivity index is 1.79. The van der Waals surface area contributed by atoms with Crippen molar-refractivity contribution in [2.24, 2.45) is 7.05 Å². The van der Waals surface area contributed by atoms with E-state index in [0.29, 0.717) is 41.5 Å². The van der Waals surface area contributed by atoms with E-state index in [9.17, 15) is 9.59 Å². The smallest absolute Gasteiger partial charge is 0.273 e. The first kappa shape index (κ1) is 21.8. The maximum atomic E-state index is 13.0. The zero-order valence-electron chi connectivity index (χ0n) is 16.5. The van der Waals surface area contributed by atoms with E-state index in [2.05, 4.69) is 0 Å². The standard InChI is InChI=1S/C21H16ClN3O3S3/c1-24-19(27)17-18(25(21(29)31-17)15-6-4-14(22)5-7-15)23-20(24)30-11-13-9-12(10-26)3-8-16(13)28-2/h3-10H,11H2,1-2H3. The fourth-order valence-corrected chi connectivity index (χ4v) is 5.50. The maximum Gasteiger partial charge on any atom is 0.273 e. The molecule has 0 fully saturated rings. The SMILES string of the molecule is COc1ccc(C=O)cc1CSc1nc2c(sc(=S)n2-c2ccc(Cl)cc2)c(=O)n1C. The predicted molar refractivity (Wildman–Crippen MR) is 128 cm³/mol. The molecule has 0 amide bonds. The lowest BCUT2D eigenvalue weighted by Gasteiger charge is -2.11. The highest BCUT2D eigenvalue weighted by Gasteiger charge is 2.17. The summed E-state index contributed by atoms with van der Waals surface area (Å²) in [5.74, 6) is 1.14. The van der Waals surface area contributed by atoms with Crippen LogP contribution < -0.4 is 10.3 Å². The third kappa shape index (κ3) is 4.18. The van der Waals surface area contributed by atoms with E-state index in [1.54, 1.807) is 49.1 Å². The average Bonchev–Trinajstić information content (AvgIpc) is 3.11. The summed E-state index contributed by atoms with van der Waals surface area (Å²) in [4.78, 5) is 28.9. The fourth-order valence-electron chi connectivity index (χ4n) is 3.09. The lowest BCUT2D eigenvalue weighted by Crippen LogP contribution is -2.19. The molecule has 31 heavy (non-hydrogen) atoms. The number of hydrogen-bond acceptors (Lipinski definition) is 7. The van der Waals surface area contributed by atoms with Crippen molar-refractivity contribution in [3.8, 4) is 11.4 Å². The van der Waals surface area contributed by atoms with Crippen LogP contribution in [-0.2, 0) is 12.8 Å². The maximum absolute atomic E-state index is 13.0. The summed E-state index contributed by atoms with van der Waals surface area (Å²) in [5.41, 5.74) is 2.54. The largest absolute Gasteiger partial charge is 0.496 e. The quantitative estimate of drug-likeness (QED) is 0.159. The summed E-state index contributed by atoms with van der Waals surface area (Å²) in [6, 6.07) is 12.4. The summed E-state index contributed by atoms with van der Waals surface area (Å²) in [5, 5.41) is 1.15. The molecule has 0 saturated carbocycles. The summed E-state index contributed by atoms with van der Waals surface area (Å²) in [7, 11) is 3.27. The van der Waals surface area contributed by atoms with Gasteiger partial charge in [0.15, 0.2) is 14.8 Å². The number of benzene rings is 2. The average molecular weight is 490 g/mol. The molecule has 0 spiro atoms. The van der Waals surface area contributed by atoms with Crippen molar-refractivity contribution < 1.29 is 9.53 Å². The normalized spacial score (nSPS) is 11.1. The number of carbonyl (C=O) groups excluding carboxylic acids is 1. The predicted octanol–water partition coefficient (Wildman–Crippen LogP) is 5.28. The molecule has 0 bridgehead atoms. The minimum atomic E-state index is -0.162. The van der Waals surface area contributed by atoms with Gasteiger partial charge in [0.05, 0.1) is 7.11 Å². The molecule has 0 N–H and O–H groups in total. The molecule has 6 nitrogen and oxygen atoms in total. The first-order valence-electron chi connectivity index (χ1n) is 9.06. The second kappa shape index (κ2) is 8.96. The Morgan fingerprint density at radius 3 is 2.68 bits per heavy atom. The van der Waals surface area contributed by atoms with Crippen LogP contribution in [0.1, 0.15) is 15.9 Å². The Morgan fingerprint density at radius 2 is 2.00 bits per heavy atom. The van der Waals surface area contributed by atoms with Gasteiger partial charge in [-0.05, 0) is 54.7 Å². The molecular weight excluding hydrogens is 474 g/mol. The van der Waals surface area contributed by atoms with Crippen molar-refractivity contribution in [1.82, 2.24) is 14.1 Å². The van der Waals surface area contributed by atoms with Gasteiger partial charge in [-0.15, -0.1) is 0 Å². The number of nitrogens with zero attached hydrogens (tertiary/aromatic N) is 3. The Labute approximate surface area is 196 Å². The van der Waals surface area contributed by atoms with Gasteiger partial charge in [0.25, 0.3) is 5.56 Å². The number of fused-ring (bicyclic) bond motifs is 1. The summed E-state index contributed by atoms with van der Waals surface area (Å²) >= 11 is 14.1. The second-order valence-electron chi connectivity index (χ2n) is 6.57. The van der Waals surface area contributed by atoms with Gasteiger partial charge in [0, 0.05) is 34.6 Å². The zero-order valence-corrected chi connectivity index (χ0v) is 19.7. The Hall–Kier alpha value is -2.46. The number of hydrogen-bond donors (Lipinski definition) is 0. The van der Waals surface area contributed by atoms with Crippen molar-refractivity contribution in [3.63, 3.8) is 0 Å². The van der Waals surface area contributed by atoms with Crippen LogP contribution in [-0.4, -0.2) is 27.5 Å². The van der Waals surface area contributed by atoms with Gasteiger partial charge in [0.1, 0.15) is 16.7 Å². The number of carbonyl (C=O) groups is 1. The van der Waals surface area contributed by atoms with Crippen LogP contribution in [0.15, 0.2) is 52.4 Å². The summed E-state index contributed by atoms with van der Waals surface area (Å²) < 4.78 is 9.72. The highest BCUT2D eigenvalue weighted by atomic mass is 35.5. The molecule has 2 heterocycles. The van der Waals surface area contributed by atoms with E-state index in [4.69, 9.17) is 33.5 Å². The van der Waals surface area contributed by atoms with Gasteiger partial charge >= 0.3 is 0 Å². The van der Waals surface area contributed by atoms with Crippen LogP contribution in [0, 0.1) is 3.95 Å². The molecule has 0 aliphatic heterocycles. The van der Waals surface area contributed by atoms with Gasteiger partial charge in [-0.2, -0.15) is 0 Å². The lowest BCUT2D eigenvalue weighted by atomic mass is 10.1. The van der Waals surface area contributed by atoms with E-state index in [0.717, 1.165) is 17.5 Å².